The fraction of sp³-hybridized carbons (Fsp3) is 0.333. The Morgan fingerprint density at radius 2 is 1.81 bits per heavy atom. The van der Waals surface area contributed by atoms with E-state index < -0.39 is 0 Å². The van der Waals surface area contributed by atoms with E-state index in [9.17, 15) is 4.79 Å². The number of hydrogen-bond donors (Lipinski definition) is 1. The lowest BCUT2D eigenvalue weighted by Gasteiger charge is -2.09. The molecule has 0 aliphatic rings. The molecule has 112 valence electrons. The van der Waals surface area contributed by atoms with E-state index in [1.165, 1.54) is 0 Å². The average Bonchev–Trinajstić information content (AvgIpc) is 2.78. The molecule has 2 rings (SSSR count). The Bertz CT molecular complexity index is 607. The van der Waals surface area contributed by atoms with Gasteiger partial charge in [0.15, 0.2) is 0 Å². The number of rotatable bonds is 5. The molecular weight excluding hydrogens is 272 g/mol. The third kappa shape index (κ3) is 3.53. The van der Waals surface area contributed by atoms with Crippen LogP contribution in [0.3, 0.4) is 0 Å². The van der Waals surface area contributed by atoms with Crippen LogP contribution in [0, 0.1) is 13.8 Å². The summed E-state index contributed by atoms with van der Waals surface area (Å²) in [4.78, 5) is 12.1. The summed E-state index contributed by atoms with van der Waals surface area (Å²) in [7, 11) is 3.12. The number of anilines is 1. The first kappa shape index (κ1) is 14.9. The van der Waals surface area contributed by atoms with Crippen LogP contribution in [-0.4, -0.2) is 25.3 Å². The maximum Gasteiger partial charge on any atom is 0.229 e. The van der Waals surface area contributed by atoms with Crippen molar-refractivity contribution in [3.05, 3.63) is 35.2 Å². The molecule has 0 saturated heterocycles. The Hall–Kier alpha value is -2.50. The van der Waals surface area contributed by atoms with Gasteiger partial charge in [0.2, 0.25) is 5.91 Å². The Balaban J connectivity index is 2.12. The van der Waals surface area contributed by atoms with Crippen molar-refractivity contribution >= 4 is 11.6 Å². The van der Waals surface area contributed by atoms with Gasteiger partial charge in [-0.2, -0.15) is 0 Å². The molecule has 0 unspecified atom stereocenters. The van der Waals surface area contributed by atoms with Crippen LogP contribution >= 0.6 is 0 Å². The van der Waals surface area contributed by atoms with Gasteiger partial charge in [-0.05, 0) is 13.8 Å². The number of ether oxygens (including phenoxy) is 2. The van der Waals surface area contributed by atoms with E-state index in [4.69, 9.17) is 14.0 Å². The van der Waals surface area contributed by atoms with Crippen LogP contribution in [-0.2, 0) is 11.2 Å². The van der Waals surface area contributed by atoms with Gasteiger partial charge in [-0.25, -0.2) is 0 Å². The summed E-state index contributed by atoms with van der Waals surface area (Å²) in [5.74, 6) is 1.73. The standard InChI is InChI=1S/C15H18N2O4/c1-9-14(10(2)21-17-9)8-15(18)16-11-5-12(19-3)7-13(6-11)20-4/h5-7H,8H2,1-4H3,(H,16,18). The highest BCUT2D eigenvalue weighted by Crippen LogP contribution is 2.26. The van der Waals surface area contributed by atoms with Gasteiger partial charge in [0, 0.05) is 29.4 Å². The van der Waals surface area contributed by atoms with Gasteiger partial charge in [-0.3, -0.25) is 4.79 Å². The van der Waals surface area contributed by atoms with Gasteiger partial charge in [0.25, 0.3) is 0 Å². The maximum atomic E-state index is 12.1. The van der Waals surface area contributed by atoms with Crippen LogP contribution < -0.4 is 14.8 Å². The Morgan fingerprint density at radius 3 is 2.29 bits per heavy atom. The van der Waals surface area contributed by atoms with E-state index >= 15 is 0 Å². The van der Waals surface area contributed by atoms with Gasteiger partial charge in [-0.1, -0.05) is 5.16 Å². The SMILES string of the molecule is COc1cc(NC(=O)Cc2c(C)noc2C)cc(OC)c1. The quantitative estimate of drug-likeness (QED) is 0.915. The van der Waals surface area contributed by atoms with Gasteiger partial charge in [0.1, 0.15) is 17.3 Å². The highest BCUT2D eigenvalue weighted by atomic mass is 16.5. The van der Waals surface area contributed by atoms with Crippen LogP contribution in [0.4, 0.5) is 5.69 Å². The summed E-state index contributed by atoms with van der Waals surface area (Å²) in [6.45, 7) is 3.60. The molecule has 21 heavy (non-hydrogen) atoms. The molecule has 6 heteroatoms. The van der Waals surface area contributed by atoms with E-state index in [2.05, 4.69) is 10.5 Å². The molecule has 0 fully saturated rings. The predicted molar refractivity (Wildman–Crippen MR) is 77.9 cm³/mol. The Kier molecular flexibility index (Phi) is 4.47. The number of benzene rings is 1. The maximum absolute atomic E-state index is 12.1. The number of nitrogens with one attached hydrogen (secondary N) is 1. The number of amides is 1. The number of aryl methyl sites for hydroxylation is 2. The fourth-order valence-corrected chi connectivity index (χ4v) is 2.00. The second-order valence-electron chi connectivity index (χ2n) is 4.63. The summed E-state index contributed by atoms with van der Waals surface area (Å²) in [6, 6.07) is 5.20. The van der Waals surface area contributed by atoms with Crippen molar-refractivity contribution in [1.82, 2.24) is 5.16 Å². The number of nitrogens with zero attached hydrogens (tertiary/aromatic N) is 1. The van der Waals surface area contributed by atoms with Gasteiger partial charge in [0.05, 0.1) is 26.3 Å². The van der Waals surface area contributed by atoms with Crippen molar-refractivity contribution in [3.8, 4) is 11.5 Å². The fourth-order valence-electron chi connectivity index (χ4n) is 2.00. The third-order valence-corrected chi connectivity index (χ3v) is 3.15. The number of aromatic nitrogens is 1. The zero-order valence-corrected chi connectivity index (χ0v) is 12.5. The minimum absolute atomic E-state index is 0.153. The number of carbonyl (C=O) groups excluding carboxylic acids is 1. The minimum Gasteiger partial charge on any atom is -0.497 e. The van der Waals surface area contributed by atoms with Crippen molar-refractivity contribution in [2.24, 2.45) is 0 Å². The summed E-state index contributed by atoms with van der Waals surface area (Å²) in [6.07, 6.45) is 0.209. The molecule has 6 nitrogen and oxygen atoms in total. The molecule has 1 heterocycles. The van der Waals surface area contributed by atoms with E-state index in [0.717, 1.165) is 11.3 Å². The van der Waals surface area contributed by atoms with Gasteiger partial charge >= 0.3 is 0 Å². The molecular formula is C15H18N2O4. The van der Waals surface area contributed by atoms with Crippen molar-refractivity contribution in [1.29, 1.82) is 0 Å². The third-order valence-electron chi connectivity index (χ3n) is 3.15. The molecule has 0 atom stereocenters. The molecule has 0 aliphatic heterocycles. The zero-order chi connectivity index (χ0) is 15.4. The highest BCUT2D eigenvalue weighted by Gasteiger charge is 2.14. The lowest BCUT2D eigenvalue weighted by atomic mass is 10.1. The normalized spacial score (nSPS) is 10.3. The molecule has 1 amide bonds. The van der Waals surface area contributed by atoms with Crippen LogP contribution in [0.25, 0.3) is 0 Å². The molecule has 1 aromatic carbocycles. The summed E-state index contributed by atoms with van der Waals surface area (Å²) in [5, 5.41) is 6.65. The molecule has 1 N–H and O–H groups in total. The number of carbonyl (C=O) groups is 1. The summed E-state index contributed by atoms with van der Waals surface area (Å²) < 4.78 is 15.4. The van der Waals surface area contributed by atoms with Crippen molar-refractivity contribution in [3.63, 3.8) is 0 Å². The average molecular weight is 290 g/mol. The zero-order valence-electron chi connectivity index (χ0n) is 12.5. The van der Waals surface area contributed by atoms with Crippen molar-refractivity contribution in [2.75, 3.05) is 19.5 Å². The Morgan fingerprint density at radius 1 is 1.19 bits per heavy atom. The number of methoxy groups -OCH3 is 2. The second-order valence-corrected chi connectivity index (χ2v) is 4.63. The van der Waals surface area contributed by atoms with E-state index in [-0.39, 0.29) is 12.3 Å². The van der Waals surface area contributed by atoms with Crippen LogP contribution in [0.15, 0.2) is 22.7 Å². The van der Waals surface area contributed by atoms with Gasteiger partial charge in [-0.15, -0.1) is 0 Å². The molecule has 0 radical (unpaired) electrons. The lowest BCUT2D eigenvalue weighted by Crippen LogP contribution is -2.15. The van der Waals surface area contributed by atoms with Gasteiger partial charge < -0.3 is 19.3 Å². The first-order chi connectivity index (χ1) is 10.0. The molecule has 0 spiro atoms. The van der Waals surface area contributed by atoms with Crippen LogP contribution in [0.5, 0.6) is 11.5 Å². The smallest absolute Gasteiger partial charge is 0.229 e. The topological polar surface area (TPSA) is 73.6 Å². The lowest BCUT2D eigenvalue weighted by molar-refractivity contribution is -0.115. The van der Waals surface area contributed by atoms with Crippen molar-refractivity contribution in [2.45, 2.75) is 20.3 Å². The first-order valence-electron chi connectivity index (χ1n) is 6.48. The highest BCUT2D eigenvalue weighted by molar-refractivity contribution is 5.92. The van der Waals surface area contributed by atoms with E-state index in [1.807, 2.05) is 6.92 Å². The van der Waals surface area contributed by atoms with E-state index in [1.54, 1.807) is 39.3 Å². The first-order valence-corrected chi connectivity index (χ1v) is 6.48. The molecule has 0 saturated carbocycles. The largest absolute Gasteiger partial charge is 0.497 e. The summed E-state index contributed by atoms with van der Waals surface area (Å²) in [5.41, 5.74) is 2.15. The van der Waals surface area contributed by atoms with Crippen LogP contribution in [0.1, 0.15) is 17.0 Å². The molecule has 0 bridgehead atoms. The molecule has 1 aromatic heterocycles. The molecule has 0 aliphatic carbocycles. The van der Waals surface area contributed by atoms with E-state index in [0.29, 0.717) is 22.9 Å². The number of hydrogen-bond acceptors (Lipinski definition) is 5. The van der Waals surface area contributed by atoms with Crippen LogP contribution in [0.2, 0.25) is 0 Å². The Labute approximate surface area is 123 Å². The monoisotopic (exact) mass is 290 g/mol. The molecule has 2 aromatic rings. The second kappa shape index (κ2) is 6.30. The minimum atomic E-state index is -0.153. The van der Waals surface area contributed by atoms with Crippen molar-refractivity contribution < 1.29 is 18.8 Å². The summed E-state index contributed by atoms with van der Waals surface area (Å²) >= 11 is 0. The predicted octanol–water partition coefficient (Wildman–Crippen LogP) is 2.49.